The van der Waals surface area contributed by atoms with E-state index in [-0.39, 0.29) is 12.5 Å². The van der Waals surface area contributed by atoms with Crippen LogP contribution in [-0.4, -0.2) is 42.6 Å². The largest absolute Gasteiger partial charge is 0.405 e. The molecule has 0 aliphatic carbocycles. The number of nitrogens with zero attached hydrogens (tertiary/aromatic N) is 1. The standard InChI is InChI=1S/C9H16F3N3O2/c1-6(2)3-15(4-7(13)16)8(17)14-5-9(10,11)12/h6H,3-5H2,1-2H3,(H2,13,16)(H,14,17). The summed E-state index contributed by atoms with van der Waals surface area (Å²) in [6.07, 6.45) is -4.48. The zero-order valence-corrected chi connectivity index (χ0v) is 9.67. The van der Waals surface area contributed by atoms with Gasteiger partial charge in [0.15, 0.2) is 0 Å². The lowest BCUT2D eigenvalue weighted by Crippen LogP contribution is -2.48. The fourth-order valence-electron chi connectivity index (χ4n) is 1.14. The summed E-state index contributed by atoms with van der Waals surface area (Å²) in [7, 11) is 0. The minimum absolute atomic E-state index is 0.0194. The first-order valence-corrected chi connectivity index (χ1v) is 4.99. The summed E-state index contributed by atoms with van der Waals surface area (Å²) in [6.45, 7) is 1.86. The van der Waals surface area contributed by atoms with Gasteiger partial charge in [-0.3, -0.25) is 4.79 Å². The lowest BCUT2D eigenvalue weighted by molar-refractivity contribution is -0.123. The Bertz CT molecular complexity index is 279. The van der Waals surface area contributed by atoms with Crippen molar-refractivity contribution in [1.82, 2.24) is 10.2 Å². The summed E-state index contributed by atoms with van der Waals surface area (Å²) in [5.74, 6) is -0.751. The Balaban J connectivity index is 4.37. The van der Waals surface area contributed by atoms with E-state index in [0.717, 1.165) is 4.90 Å². The molecule has 0 atom stereocenters. The van der Waals surface area contributed by atoms with E-state index >= 15 is 0 Å². The Morgan fingerprint density at radius 2 is 1.88 bits per heavy atom. The second-order valence-corrected chi connectivity index (χ2v) is 4.01. The summed E-state index contributed by atoms with van der Waals surface area (Å²) >= 11 is 0. The molecule has 0 saturated carbocycles. The third-order valence-corrected chi connectivity index (χ3v) is 1.66. The number of rotatable bonds is 5. The van der Waals surface area contributed by atoms with Crippen LogP contribution in [-0.2, 0) is 4.79 Å². The molecule has 0 aliphatic heterocycles. The van der Waals surface area contributed by atoms with Gasteiger partial charge in [0.2, 0.25) is 5.91 Å². The first-order valence-electron chi connectivity index (χ1n) is 4.99. The molecule has 0 unspecified atom stereocenters. The molecule has 0 aromatic heterocycles. The van der Waals surface area contributed by atoms with E-state index in [2.05, 4.69) is 0 Å². The first kappa shape index (κ1) is 15.5. The second-order valence-electron chi connectivity index (χ2n) is 4.01. The summed E-state index contributed by atoms with van der Waals surface area (Å²) < 4.78 is 35.6. The Labute approximate surface area is 97.1 Å². The third-order valence-electron chi connectivity index (χ3n) is 1.66. The van der Waals surface area contributed by atoms with Crippen LogP contribution in [0.1, 0.15) is 13.8 Å². The highest BCUT2D eigenvalue weighted by Gasteiger charge is 2.29. The summed E-state index contributed by atoms with van der Waals surface area (Å²) in [6, 6.07) is -0.949. The van der Waals surface area contributed by atoms with E-state index in [1.807, 2.05) is 0 Å². The second kappa shape index (κ2) is 6.31. The summed E-state index contributed by atoms with van der Waals surface area (Å²) in [5, 5.41) is 1.69. The maximum absolute atomic E-state index is 11.9. The van der Waals surface area contributed by atoms with Crippen molar-refractivity contribution in [1.29, 1.82) is 0 Å². The molecule has 3 N–H and O–H groups in total. The zero-order valence-electron chi connectivity index (χ0n) is 9.67. The lowest BCUT2D eigenvalue weighted by atomic mass is 10.2. The summed E-state index contributed by atoms with van der Waals surface area (Å²) in [5.41, 5.74) is 4.91. The van der Waals surface area contributed by atoms with E-state index in [1.165, 1.54) is 0 Å². The molecule has 0 radical (unpaired) electrons. The fourth-order valence-corrected chi connectivity index (χ4v) is 1.14. The van der Waals surface area contributed by atoms with Gasteiger partial charge in [-0.25, -0.2) is 4.79 Å². The topological polar surface area (TPSA) is 75.4 Å². The number of halogens is 3. The van der Waals surface area contributed by atoms with Crippen molar-refractivity contribution in [3.8, 4) is 0 Å². The van der Waals surface area contributed by atoms with Crippen LogP contribution in [0.2, 0.25) is 0 Å². The van der Waals surface area contributed by atoms with Gasteiger partial charge in [-0.1, -0.05) is 13.8 Å². The molecule has 0 rings (SSSR count). The first-order chi connectivity index (χ1) is 7.61. The zero-order chi connectivity index (χ0) is 13.6. The van der Waals surface area contributed by atoms with Crippen molar-refractivity contribution >= 4 is 11.9 Å². The van der Waals surface area contributed by atoms with Crippen molar-refractivity contribution in [3.63, 3.8) is 0 Å². The van der Waals surface area contributed by atoms with Gasteiger partial charge in [0, 0.05) is 6.54 Å². The summed E-state index contributed by atoms with van der Waals surface area (Å²) in [4.78, 5) is 23.0. The smallest absolute Gasteiger partial charge is 0.368 e. The van der Waals surface area contributed by atoms with Crippen LogP contribution in [0.15, 0.2) is 0 Å². The number of hydrogen-bond acceptors (Lipinski definition) is 2. The molecule has 5 nitrogen and oxygen atoms in total. The molecule has 0 saturated heterocycles. The number of nitrogens with one attached hydrogen (secondary N) is 1. The molecule has 0 bridgehead atoms. The van der Waals surface area contributed by atoms with Crippen molar-refractivity contribution in [2.75, 3.05) is 19.6 Å². The van der Waals surface area contributed by atoms with Crippen molar-refractivity contribution < 1.29 is 22.8 Å². The average Bonchev–Trinajstić information content (AvgIpc) is 2.10. The molecular formula is C9H16F3N3O2. The molecule has 0 aromatic rings. The van der Waals surface area contributed by atoms with Gasteiger partial charge in [-0.05, 0) is 5.92 Å². The lowest BCUT2D eigenvalue weighted by Gasteiger charge is -2.23. The maximum atomic E-state index is 11.9. The normalized spacial score (nSPS) is 11.4. The van der Waals surface area contributed by atoms with Gasteiger partial charge < -0.3 is 16.0 Å². The van der Waals surface area contributed by atoms with E-state index < -0.39 is 31.2 Å². The highest BCUT2D eigenvalue weighted by molar-refractivity contribution is 5.82. The van der Waals surface area contributed by atoms with Crippen molar-refractivity contribution in [3.05, 3.63) is 0 Å². The molecule has 8 heteroatoms. The molecule has 3 amide bonds. The van der Waals surface area contributed by atoms with Gasteiger partial charge >= 0.3 is 12.2 Å². The molecular weight excluding hydrogens is 239 g/mol. The highest BCUT2D eigenvalue weighted by atomic mass is 19.4. The minimum atomic E-state index is -4.48. The maximum Gasteiger partial charge on any atom is 0.405 e. The molecule has 0 aliphatic rings. The number of carbonyl (C=O) groups excluding carboxylic acids is 2. The minimum Gasteiger partial charge on any atom is -0.368 e. The van der Waals surface area contributed by atoms with Gasteiger partial charge in [0.25, 0.3) is 0 Å². The number of primary amides is 1. The van der Waals surface area contributed by atoms with Crippen LogP contribution in [0.5, 0.6) is 0 Å². The average molecular weight is 255 g/mol. The van der Waals surface area contributed by atoms with Gasteiger partial charge in [0.05, 0.1) is 0 Å². The molecule has 0 spiro atoms. The van der Waals surface area contributed by atoms with E-state index in [0.29, 0.717) is 0 Å². The van der Waals surface area contributed by atoms with Crippen molar-refractivity contribution in [2.45, 2.75) is 20.0 Å². The SMILES string of the molecule is CC(C)CN(CC(N)=O)C(=O)NCC(F)(F)F. The quantitative estimate of drug-likeness (QED) is 0.758. The third kappa shape index (κ3) is 8.35. The van der Waals surface area contributed by atoms with E-state index in [1.54, 1.807) is 19.2 Å². The Morgan fingerprint density at radius 1 is 1.35 bits per heavy atom. The number of amides is 3. The monoisotopic (exact) mass is 255 g/mol. The number of nitrogens with two attached hydrogens (primary N) is 1. The highest BCUT2D eigenvalue weighted by Crippen LogP contribution is 2.12. The fraction of sp³-hybridized carbons (Fsp3) is 0.778. The Morgan fingerprint density at radius 3 is 2.24 bits per heavy atom. The Kier molecular flexibility index (Phi) is 5.77. The van der Waals surface area contributed by atoms with Gasteiger partial charge in [0.1, 0.15) is 13.1 Å². The molecule has 17 heavy (non-hydrogen) atoms. The van der Waals surface area contributed by atoms with Crippen LogP contribution in [0.4, 0.5) is 18.0 Å². The number of urea groups is 1. The molecule has 0 fully saturated rings. The van der Waals surface area contributed by atoms with Crippen LogP contribution in [0.25, 0.3) is 0 Å². The van der Waals surface area contributed by atoms with Crippen molar-refractivity contribution in [2.24, 2.45) is 11.7 Å². The van der Waals surface area contributed by atoms with Crippen LogP contribution in [0.3, 0.4) is 0 Å². The molecule has 100 valence electrons. The van der Waals surface area contributed by atoms with E-state index in [4.69, 9.17) is 5.73 Å². The van der Waals surface area contributed by atoms with Crippen LogP contribution < -0.4 is 11.1 Å². The number of carbonyl (C=O) groups is 2. The number of hydrogen-bond donors (Lipinski definition) is 2. The van der Waals surface area contributed by atoms with Gasteiger partial charge in [-0.15, -0.1) is 0 Å². The van der Waals surface area contributed by atoms with Crippen LogP contribution >= 0.6 is 0 Å². The predicted molar refractivity (Wildman–Crippen MR) is 55.1 cm³/mol. The van der Waals surface area contributed by atoms with Gasteiger partial charge in [-0.2, -0.15) is 13.2 Å². The molecule has 0 aromatic carbocycles. The predicted octanol–water partition coefficient (Wildman–Crippen LogP) is 0.702. The number of alkyl halides is 3. The Hall–Kier alpha value is -1.47. The van der Waals surface area contributed by atoms with Crippen LogP contribution in [0, 0.1) is 5.92 Å². The van der Waals surface area contributed by atoms with E-state index in [9.17, 15) is 22.8 Å². The molecule has 0 heterocycles.